The molecule has 1 heteroatoms. The fraction of sp³-hybridized carbons (Fsp3) is 1.00. The highest BCUT2D eigenvalue weighted by atomic mass is 15.2. The van der Waals surface area contributed by atoms with E-state index in [4.69, 9.17) is 0 Å². The van der Waals surface area contributed by atoms with Crippen LogP contribution in [-0.2, 0) is 0 Å². The highest BCUT2D eigenvalue weighted by molar-refractivity contribution is 4.83. The third-order valence-electron chi connectivity index (χ3n) is 4.64. The maximum Gasteiger partial charge on any atom is 0.00976 e. The van der Waals surface area contributed by atoms with Gasteiger partial charge in [-0.25, -0.2) is 0 Å². The Hall–Kier alpha value is -0.0400. The van der Waals surface area contributed by atoms with Crippen molar-refractivity contribution in [2.75, 3.05) is 7.05 Å². The monoisotopic (exact) mass is 209 g/mol. The minimum atomic E-state index is 0.900. The highest BCUT2D eigenvalue weighted by Crippen LogP contribution is 2.31. The summed E-state index contributed by atoms with van der Waals surface area (Å²) < 4.78 is 0. The molecule has 0 N–H and O–H groups in total. The first-order chi connectivity index (χ1) is 7.27. The van der Waals surface area contributed by atoms with Gasteiger partial charge in [-0.05, 0) is 38.6 Å². The molecule has 0 heterocycles. The SMILES string of the molecule is CC1CCCC(N(C)C2CCCCC2)C1. The summed E-state index contributed by atoms with van der Waals surface area (Å²) >= 11 is 0. The quantitative estimate of drug-likeness (QED) is 0.668. The van der Waals surface area contributed by atoms with Gasteiger partial charge in [-0.15, -0.1) is 0 Å². The second-order valence-corrected chi connectivity index (χ2v) is 5.88. The molecule has 1 nitrogen and oxygen atoms in total. The second kappa shape index (κ2) is 5.34. The van der Waals surface area contributed by atoms with Crippen molar-refractivity contribution in [1.82, 2.24) is 4.90 Å². The van der Waals surface area contributed by atoms with Crippen molar-refractivity contribution in [3.8, 4) is 0 Å². The van der Waals surface area contributed by atoms with Crippen molar-refractivity contribution >= 4 is 0 Å². The van der Waals surface area contributed by atoms with Crippen molar-refractivity contribution in [2.45, 2.75) is 76.8 Å². The van der Waals surface area contributed by atoms with E-state index >= 15 is 0 Å². The first-order valence-corrected chi connectivity index (χ1v) is 6.99. The zero-order chi connectivity index (χ0) is 10.7. The molecule has 2 aliphatic carbocycles. The van der Waals surface area contributed by atoms with Crippen molar-refractivity contribution < 1.29 is 0 Å². The van der Waals surface area contributed by atoms with Crippen molar-refractivity contribution in [3.63, 3.8) is 0 Å². The predicted octanol–water partition coefficient (Wildman–Crippen LogP) is 3.83. The van der Waals surface area contributed by atoms with Gasteiger partial charge < -0.3 is 4.90 Å². The average molecular weight is 209 g/mol. The van der Waals surface area contributed by atoms with Gasteiger partial charge in [0.1, 0.15) is 0 Å². The largest absolute Gasteiger partial charge is 0.300 e. The van der Waals surface area contributed by atoms with E-state index in [2.05, 4.69) is 18.9 Å². The van der Waals surface area contributed by atoms with Crippen LogP contribution in [0.15, 0.2) is 0 Å². The second-order valence-electron chi connectivity index (χ2n) is 5.88. The lowest BCUT2D eigenvalue weighted by molar-refractivity contribution is 0.0959. The summed E-state index contributed by atoms with van der Waals surface area (Å²) in [5.41, 5.74) is 0. The summed E-state index contributed by atoms with van der Waals surface area (Å²) in [6, 6.07) is 1.81. The average Bonchev–Trinajstić information content (AvgIpc) is 2.29. The molecule has 2 unspecified atom stereocenters. The molecule has 2 aliphatic rings. The summed E-state index contributed by atoms with van der Waals surface area (Å²) in [6.45, 7) is 2.43. The molecule has 0 spiro atoms. The lowest BCUT2D eigenvalue weighted by Gasteiger charge is -2.40. The number of nitrogens with zero attached hydrogens (tertiary/aromatic N) is 1. The summed E-state index contributed by atoms with van der Waals surface area (Å²) in [4.78, 5) is 2.73. The zero-order valence-corrected chi connectivity index (χ0v) is 10.5. The predicted molar refractivity (Wildman–Crippen MR) is 66.1 cm³/mol. The number of hydrogen-bond acceptors (Lipinski definition) is 1. The molecule has 2 rings (SSSR count). The van der Waals surface area contributed by atoms with Crippen LogP contribution in [0.5, 0.6) is 0 Å². The van der Waals surface area contributed by atoms with E-state index < -0.39 is 0 Å². The van der Waals surface area contributed by atoms with Crippen LogP contribution in [-0.4, -0.2) is 24.0 Å². The maximum absolute atomic E-state index is 2.73. The molecule has 0 saturated heterocycles. The molecular formula is C14H27N. The van der Waals surface area contributed by atoms with E-state index in [1.54, 1.807) is 0 Å². The van der Waals surface area contributed by atoms with Gasteiger partial charge in [0, 0.05) is 12.1 Å². The van der Waals surface area contributed by atoms with Crippen molar-refractivity contribution in [2.24, 2.45) is 5.92 Å². The van der Waals surface area contributed by atoms with Gasteiger partial charge in [-0.2, -0.15) is 0 Å². The summed E-state index contributed by atoms with van der Waals surface area (Å²) in [6.07, 6.45) is 13.2. The van der Waals surface area contributed by atoms with Crippen LogP contribution in [0.25, 0.3) is 0 Å². The number of hydrogen-bond donors (Lipinski definition) is 0. The van der Waals surface area contributed by atoms with Crippen LogP contribution in [0.3, 0.4) is 0 Å². The first kappa shape index (κ1) is 11.4. The summed E-state index contributed by atoms with van der Waals surface area (Å²) in [5, 5.41) is 0. The van der Waals surface area contributed by atoms with Gasteiger partial charge in [0.15, 0.2) is 0 Å². The highest BCUT2D eigenvalue weighted by Gasteiger charge is 2.27. The normalized spacial score (nSPS) is 34.6. The van der Waals surface area contributed by atoms with Crippen molar-refractivity contribution in [3.05, 3.63) is 0 Å². The lowest BCUT2D eigenvalue weighted by atomic mass is 9.84. The topological polar surface area (TPSA) is 3.24 Å². The Balaban J connectivity index is 1.85. The fourth-order valence-corrected chi connectivity index (χ4v) is 3.56. The van der Waals surface area contributed by atoms with Gasteiger partial charge >= 0.3 is 0 Å². The first-order valence-electron chi connectivity index (χ1n) is 6.99. The minimum Gasteiger partial charge on any atom is -0.300 e. The van der Waals surface area contributed by atoms with Crippen LogP contribution in [0.2, 0.25) is 0 Å². The Kier molecular flexibility index (Phi) is 4.07. The Bertz CT molecular complexity index is 184. The molecular weight excluding hydrogens is 182 g/mol. The summed E-state index contributed by atoms with van der Waals surface area (Å²) in [7, 11) is 2.39. The van der Waals surface area contributed by atoms with E-state index in [1.807, 2.05) is 0 Å². The Morgan fingerprint density at radius 1 is 0.800 bits per heavy atom. The van der Waals surface area contributed by atoms with E-state index in [0.29, 0.717) is 0 Å². The molecule has 0 amide bonds. The van der Waals surface area contributed by atoms with Crippen LogP contribution in [0, 0.1) is 5.92 Å². The van der Waals surface area contributed by atoms with E-state index in [0.717, 1.165) is 18.0 Å². The Labute approximate surface area is 95.2 Å². The van der Waals surface area contributed by atoms with E-state index in [9.17, 15) is 0 Å². The third-order valence-corrected chi connectivity index (χ3v) is 4.64. The molecule has 0 aliphatic heterocycles. The molecule has 0 aromatic carbocycles. The zero-order valence-electron chi connectivity index (χ0n) is 10.5. The van der Waals surface area contributed by atoms with Crippen molar-refractivity contribution in [1.29, 1.82) is 0 Å². The molecule has 0 bridgehead atoms. The Morgan fingerprint density at radius 2 is 1.47 bits per heavy atom. The Morgan fingerprint density at radius 3 is 2.13 bits per heavy atom. The van der Waals surface area contributed by atoms with Crippen LogP contribution in [0.1, 0.15) is 64.7 Å². The van der Waals surface area contributed by atoms with Gasteiger partial charge in [0.05, 0.1) is 0 Å². The van der Waals surface area contributed by atoms with Gasteiger partial charge in [-0.3, -0.25) is 0 Å². The molecule has 2 fully saturated rings. The van der Waals surface area contributed by atoms with Crippen LogP contribution < -0.4 is 0 Å². The maximum atomic E-state index is 2.73. The van der Waals surface area contributed by atoms with Crippen LogP contribution >= 0.6 is 0 Å². The van der Waals surface area contributed by atoms with Gasteiger partial charge in [0.2, 0.25) is 0 Å². The van der Waals surface area contributed by atoms with Gasteiger partial charge in [-0.1, -0.05) is 39.0 Å². The van der Waals surface area contributed by atoms with E-state index in [-0.39, 0.29) is 0 Å². The molecule has 0 aromatic rings. The standard InChI is InChI=1S/C14H27N/c1-12-7-6-10-14(11-12)15(2)13-8-4-3-5-9-13/h12-14H,3-11H2,1-2H3. The minimum absolute atomic E-state index is 0.900. The summed E-state index contributed by atoms with van der Waals surface area (Å²) in [5.74, 6) is 0.967. The molecule has 2 atom stereocenters. The molecule has 15 heavy (non-hydrogen) atoms. The molecule has 0 aromatic heterocycles. The molecule has 0 radical (unpaired) electrons. The third kappa shape index (κ3) is 2.96. The fourth-order valence-electron chi connectivity index (χ4n) is 3.56. The molecule has 2 saturated carbocycles. The number of rotatable bonds is 2. The smallest absolute Gasteiger partial charge is 0.00976 e. The van der Waals surface area contributed by atoms with Gasteiger partial charge in [0.25, 0.3) is 0 Å². The van der Waals surface area contributed by atoms with Crippen LogP contribution in [0.4, 0.5) is 0 Å². The van der Waals surface area contributed by atoms with E-state index in [1.165, 1.54) is 57.8 Å². The molecule has 88 valence electrons. The lowest BCUT2D eigenvalue weighted by Crippen LogP contribution is -2.43.